The van der Waals surface area contributed by atoms with E-state index in [1.165, 1.54) is 0 Å². The lowest BCUT2D eigenvalue weighted by molar-refractivity contribution is -0.144. The lowest BCUT2D eigenvalue weighted by Gasteiger charge is -2.44. The molecule has 3 heterocycles. The van der Waals surface area contributed by atoms with Crippen molar-refractivity contribution in [2.75, 3.05) is 32.8 Å². The summed E-state index contributed by atoms with van der Waals surface area (Å²) in [6.45, 7) is 2.41. The molecule has 2 unspecified atom stereocenters. The van der Waals surface area contributed by atoms with E-state index in [-0.39, 0.29) is 36.4 Å². The van der Waals surface area contributed by atoms with Crippen molar-refractivity contribution in [2.45, 2.75) is 56.4 Å². The second-order valence-electron chi connectivity index (χ2n) is 9.29. The smallest absolute Gasteiger partial charge is 0.256 e. The van der Waals surface area contributed by atoms with Crippen molar-refractivity contribution in [3.63, 3.8) is 0 Å². The quantitative estimate of drug-likeness (QED) is 0.749. The fourth-order valence-electron chi connectivity index (χ4n) is 5.09. The Balaban J connectivity index is 1.33. The zero-order valence-electron chi connectivity index (χ0n) is 18.3. The number of ether oxygens (including phenoxy) is 2. The van der Waals surface area contributed by atoms with Crippen LogP contribution in [-0.4, -0.2) is 78.2 Å². The van der Waals surface area contributed by atoms with Crippen LogP contribution in [0.2, 0.25) is 0 Å². The average molecular weight is 442 g/mol. The minimum absolute atomic E-state index is 0.0326. The van der Waals surface area contributed by atoms with Gasteiger partial charge in [-0.1, -0.05) is 18.2 Å². The van der Waals surface area contributed by atoms with Crippen LogP contribution in [0.25, 0.3) is 0 Å². The Kier molecular flexibility index (Phi) is 5.90. The molecule has 3 saturated heterocycles. The van der Waals surface area contributed by atoms with Crippen LogP contribution in [0.5, 0.6) is 0 Å². The molecule has 0 radical (unpaired) electrons. The van der Waals surface area contributed by atoms with Crippen molar-refractivity contribution in [1.82, 2.24) is 15.1 Å². The van der Waals surface area contributed by atoms with Crippen molar-refractivity contribution in [3.05, 3.63) is 35.9 Å². The fourth-order valence-corrected chi connectivity index (χ4v) is 5.09. The topological polar surface area (TPSA) is 88.2 Å². The van der Waals surface area contributed by atoms with Gasteiger partial charge in [-0.3, -0.25) is 19.3 Å². The minimum atomic E-state index is -0.862. The SMILES string of the molecule is O=C(NCC1CCCO1)C1COC2(CCN(C(=O)C3CC3)CC2)N1C(=O)c1ccccc1. The molecule has 0 aromatic heterocycles. The summed E-state index contributed by atoms with van der Waals surface area (Å²) in [5, 5.41) is 2.97. The molecule has 32 heavy (non-hydrogen) atoms. The molecule has 1 aliphatic carbocycles. The molecule has 2 atom stereocenters. The van der Waals surface area contributed by atoms with Crippen LogP contribution in [0, 0.1) is 5.92 Å². The van der Waals surface area contributed by atoms with E-state index in [0.717, 1.165) is 32.3 Å². The molecule has 4 fully saturated rings. The Hall–Kier alpha value is -2.45. The molecule has 1 aromatic carbocycles. The summed E-state index contributed by atoms with van der Waals surface area (Å²) < 4.78 is 11.8. The molecule has 8 nitrogen and oxygen atoms in total. The number of nitrogens with zero attached hydrogens (tertiary/aromatic N) is 2. The average Bonchev–Trinajstić information content (AvgIpc) is 3.43. The van der Waals surface area contributed by atoms with Crippen molar-refractivity contribution in [1.29, 1.82) is 0 Å². The van der Waals surface area contributed by atoms with E-state index < -0.39 is 11.8 Å². The van der Waals surface area contributed by atoms with Crippen LogP contribution in [-0.2, 0) is 19.1 Å². The number of likely N-dealkylation sites (tertiary alicyclic amines) is 1. The van der Waals surface area contributed by atoms with Gasteiger partial charge < -0.3 is 19.7 Å². The van der Waals surface area contributed by atoms with E-state index in [9.17, 15) is 14.4 Å². The highest BCUT2D eigenvalue weighted by molar-refractivity contribution is 5.98. The highest BCUT2D eigenvalue weighted by Crippen LogP contribution is 2.40. The summed E-state index contributed by atoms with van der Waals surface area (Å²) in [6, 6.07) is 8.33. The first-order chi connectivity index (χ1) is 15.6. The summed E-state index contributed by atoms with van der Waals surface area (Å²) in [7, 11) is 0. The normalized spacial score (nSPS) is 27.0. The van der Waals surface area contributed by atoms with E-state index in [4.69, 9.17) is 9.47 Å². The lowest BCUT2D eigenvalue weighted by atomic mass is 9.96. The van der Waals surface area contributed by atoms with Gasteiger partial charge in [-0.05, 0) is 37.8 Å². The van der Waals surface area contributed by atoms with E-state index in [2.05, 4.69) is 5.32 Å². The van der Waals surface area contributed by atoms with Crippen LogP contribution in [0.15, 0.2) is 30.3 Å². The van der Waals surface area contributed by atoms with E-state index in [1.807, 2.05) is 23.1 Å². The standard InChI is InChI=1S/C24H31N3O5/c28-21(25-15-19-7-4-14-31-19)20-16-32-24(27(20)23(30)17-5-2-1-3-6-17)10-12-26(13-11-24)22(29)18-8-9-18/h1-3,5-6,18-20H,4,7-16H2,(H,25,28). The molecule has 4 aliphatic rings. The molecule has 1 saturated carbocycles. The summed E-state index contributed by atoms with van der Waals surface area (Å²) in [5.41, 5.74) is -0.329. The molecule has 8 heteroatoms. The number of rotatable bonds is 5. The van der Waals surface area contributed by atoms with Gasteiger partial charge in [-0.2, -0.15) is 0 Å². The summed E-state index contributed by atoms with van der Waals surface area (Å²) in [4.78, 5) is 42.8. The van der Waals surface area contributed by atoms with Crippen molar-refractivity contribution in [3.8, 4) is 0 Å². The number of benzene rings is 1. The van der Waals surface area contributed by atoms with Crippen molar-refractivity contribution < 1.29 is 23.9 Å². The predicted molar refractivity (Wildman–Crippen MR) is 116 cm³/mol. The van der Waals surface area contributed by atoms with Gasteiger partial charge in [0.15, 0.2) is 0 Å². The van der Waals surface area contributed by atoms with Gasteiger partial charge in [0, 0.05) is 50.6 Å². The third-order valence-corrected chi connectivity index (χ3v) is 7.11. The maximum Gasteiger partial charge on any atom is 0.256 e. The van der Waals surface area contributed by atoms with Gasteiger partial charge in [0.25, 0.3) is 5.91 Å². The zero-order chi connectivity index (χ0) is 22.1. The van der Waals surface area contributed by atoms with E-state index in [1.54, 1.807) is 17.0 Å². The second kappa shape index (κ2) is 8.83. The van der Waals surface area contributed by atoms with Gasteiger partial charge in [0.05, 0.1) is 12.7 Å². The van der Waals surface area contributed by atoms with Crippen LogP contribution >= 0.6 is 0 Å². The van der Waals surface area contributed by atoms with Gasteiger partial charge in [-0.15, -0.1) is 0 Å². The van der Waals surface area contributed by atoms with Crippen LogP contribution < -0.4 is 5.32 Å². The predicted octanol–water partition coefficient (Wildman–Crippen LogP) is 1.55. The lowest BCUT2D eigenvalue weighted by Crippen LogP contribution is -2.60. The Labute approximate surface area is 188 Å². The molecule has 3 aliphatic heterocycles. The monoisotopic (exact) mass is 441 g/mol. The second-order valence-corrected chi connectivity index (χ2v) is 9.29. The highest BCUT2D eigenvalue weighted by Gasteiger charge is 2.54. The molecule has 1 N–H and O–H groups in total. The molecule has 3 amide bonds. The van der Waals surface area contributed by atoms with Crippen molar-refractivity contribution >= 4 is 17.7 Å². The number of amides is 3. The van der Waals surface area contributed by atoms with E-state index >= 15 is 0 Å². The zero-order valence-corrected chi connectivity index (χ0v) is 18.3. The molecular weight excluding hydrogens is 410 g/mol. The van der Waals surface area contributed by atoms with Gasteiger partial charge in [-0.25, -0.2) is 0 Å². The first kappa shape index (κ1) is 21.4. The van der Waals surface area contributed by atoms with Crippen LogP contribution in [0.1, 0.15) is 48.9 Å². The summed E-state index contributed by atoms with van der Waals surface area (Å²) >= 11 is 0. The third-order valence-electron chi connectivity index (χ3n) is 7.11. The number of carbonyl (C=O) groups excluding carboxylic acids is 3. The van der Waals surface area contributed by atoms with Crippen LogP contribution in [0.3, 0.4) is 0 Å². The molecule has 5 rings (SSSR count). The highest BCUT2D eigenvalue weighted by atomic mass is 16.5. The third kappa shape index (κ3) is 4.13. The Morgan fingerprint density at radius 2 is 1.81 bits per heavy atom. The molecule has 1 aromatic rings. The Morgan fingerprint density at radius 3 is 2.47 bits per heavy atom. The van der Waals surface area contributed by atoms with Gasteiger partial charge >= 0.3 is 0 Å². The summed E-state index contributed by atoms with van der Waals surface area (Å²) in [5.74, 6) is -0.0305. The maximum absolute atomic E-state index is 13.6. The summed E-state index contributed by atoms with van der Waals surface area (Å²) in [6.07, 6.45) is 4.95. The van der Waals surface area contributed by atoms with Crippen LogP contribution in [0.4, 0.5) is 0 Å². The maximum atomic E-state index is 13.6. The molecule has 172 valence electrons. The number of hydrogen-bond donors (Lipinski definition) is 1. The number of carbonyl (C=O) groups is 3. The van der Waals surface area contributed by atoms with Gasteiger partial charge in [0.1, 0.15) is 11.8 Å². The first-order valence-electron chi connectivity index (χ1n) is 11.8. The minimum Gasteiger partial charge on any atom is -0.376 e. The first-order valence-corrected chi connectivity index (χ1v) is 11.8. The Morgan fingerprint density at radius 1 is 1.06 bits per heavy atom. The van der Waals surface area contributed by atoms with E-state index in [0.29, 0.717) is 38.0 Å². The molecule has 1 spiro atoms. The molecule has 0 bridgehead atoms. The van der Waals surface area contributed by atoms with Gasteiger partial charge in [0.2, 0.25) is 11.8 Å². The molecular formula is C24H31N3O5. The largest absolute Gasteiger partial charge is 0.376 e. The fraction of sp³-hybridized carbons (Fsp3) is 0.625. The Bertz CT molecular complexity index is 858. The number of piperidine rings is 1. The number of hydrogen-bond acceptors (Lipinski definition) is 5. The van der Waals surface area contributed by atoms with Crippen molar-refractivity contribution in [2.24, 2.45) is 5.92 Å². The number of nitrogens with one attached hydrogen (secondary N) is 1.